The smallest absolute Gasteiger partial charge is 0.204 e. The van der Waals surface area contributed by atoms with Crippen molar-refractivity contribution >= 4 is 0 Å². The number of tetrazole rings is 1. The normalized spacial score (nSPS) is 15.9. The molecule has 1 saturated heterocycles. The van der Waals surface area contributed by atoms with Crippen molar-refractivity contribution < 1.29 is 0 Å². The summed E-state index contributed by atoms with van der Waals surface area (Å²) in [5.41, 5.74) is 4.73. The van der Waals surface area contributed by atoms with E-state index in [0.29, 0.717) is 11.4 Å². The van der Waals surface area contributed by atoms with Crippen molar-refractivity contribution in [2.24, 2.45) is 0 Å². The van der Waals surface area contributed by atoms with E-state index in [1.165, 1.54) is 12.0 Å². The second-order valence-corrected chi connectivity index (χ2v) is 7.24. The summed E-state index contributed by atoms with van der Waals surface area (Å²) in [6, 6.07) is 16.5. The number of aromatic nitrogens is 4. The number of nitrogens with zero attached hydrogens (tertiary/aromatic N) is 6. The molecular weight excluding hydrogens is 350 g/mol. The van der Waals surface area contributed by atoms with Crippen LogP contribution in [-0.4, -0.2) is 63.7 Å². The molecule has 28 heavy (non-hydrogen) atoms. The monoisotopic (exact) mass is 373 g/mol. The molecule has 0 spiro atoms. The van der Waals surface area contributed by atoms with Crippen LogP contribution in [0.1, 0.15) is 17.5 Å². The van der Waals surface area contributed by atoms with Gasteiger partial charge in [-0.1, -0.05) is 36.4 Å². The Labute approximate surface area is 164 Å². The molecule has 0 aliphatic carbocycles. The first-order chi connectivity index (χ1) is 13.7. The first-order valence-corrected chi connectivity index (χ1v) is 9.51. The highest BCUT2D eigenvalue weighted by Gasteiger charge is 2.14. The lowest BCUT2D eigenvalue weighted by molar-refractivity contribution is 0.269. The number of benzene rings is 2. The van der Waals surface area contributed by atoms with Crippen LogP contribution < -0.4 is 0 Å². The maximum absolute atomic E-state index is 9.69. The fraction of sp³-hybridized carbons (Fsp3) is 0.333. The predicted octanol–water partition coefficient (Wildman–Crippen LogP) is 2.54. The van der Waals surface area contributed by atoms with Gasteiger partial charge in [0.2, 0.25) is 5.82 Å². The van der Waals surface area contributed by atoms with E-state index in [9.17, 15) is 5.26 Å². The second kappa shape index (κ2) is 8.30. The molecule has 3 aromatic rings. The summed E-state index contributed by atoms with van der Waals surface area (Å²) >= 11 is 0. The second-order valence-electron chi connectivity index (χ2n) is 7.24. The maximum Gasteiger partial charge on any atom is 0.204 e. The first kappa shape index (κ1) is 18.3. The largest absolute Gasteiger partial charge is 0.305 e. The van der Waals surface area contributed by atoms with Crippen molar-refractivity contribution in [2.45, 2.75) is 13.0 Å². The highest BCUT2D eigenvalue weighted by Crippen LogP contribution is 2.27. The first-order valence-electron chi connectivity index (χ1n) is 9.51. The maximum atomic E-state index is 9.69. The molecule has 7 nitrogen and oxygen atoms in total. The highest BCUT2D eigenvalue weighted by atomic mass is 15.5. The van der Waals surface area contributed by atoms with Crippen molar-refractivity contribution in [1.82, 2.24) is 30.4 Å². The van der Waals surface area contributed by atoms with Crippen LogP contribution >= 0.6 is 0 Å². The van der Waals surface area contributed by atoms with E-state index in [-0.39, 0.29) is 0 Å². The van der Waals surface area contributed by atoms with Gasteiger partial charge in [0.25, 0.3) is 0 Å². The minimum absolute atomic E-state index is 0.561. The molecule has 142 valence electrons. The van der Waals surface area contributed by atoms with Gasteiger partial charge in [-0.2, -0.15) is 10.5 Å². The zero-order valence-corrected chi connectivity index (χ0v) is 16.0. The number of hydrogen-bond acceptors (Lipinski definition) is 6. The molecule has 1 aromatic heterocycles. The van der Waals surface area contributed by atoms with E-state index in [2.05, 4.69) is 55.7 Å². The molecule has 1 fully saturated rings. The van der Waals surface area contributed by atoms with Gasteiger partial charge in [0.1, 0.15) is 0 Å². The van der Waals surface area contributed by atoms with E-state index in [1.807, 2.05) is 30.3 Å². The third kappa shape index (κ3) is 4.09. The minimum atomic E-state index is 0.561. The molecule has 0 unspecified atom stereocenters. The van der Waals surface area contributed by atoms with Crippen molar-refractivity contribution in [1.29, 1.82) is 5.26 Å². The Morgan fingerprint density at radius 1 is 1.04 bits per heavy atom. The summed E-state index contributed by atoms with van der Waals surface area (Å²) < 4.78 is 0. The standard InChI is InChI=1S/C21H23N7/c1-27-9-2-10-28(12-11-27)15-16-3-8-20(19(13-16)14-22)17-4-6-18(7-5-17)21-23-25-26-24-21/h3-8,13H,2,9-12,15H2,1H3,(H,23,24,25,26). The predicted molar refractivity (Wildman–Crippen MR) is 107 cm³/mol. The zero-order chi connectivity index (χ0) is 19.3. The van der Waals surface area contributed by atoms with Gasteiger partial charge in [-0.3, -0.25) is 4.90 Å². The van der Waals surface area contributed by atoms with E-state index in [1.54, 1.807) is 0 Å². The van der Waals surface area contributed by atoms with Gasteiger partial charge in [-0.15, -0.1) is 10.2 Å². The van der Waals surface area contributed by atoms with E-state index in [4.69, 9.17) is 0 Å². The number of likely N-dealkylation sites (N-methyl/N-ethyl adjacent to an activating group) is 1. The van der Waals surface area contributed by atoms with Crippen LogP contribution in [0.15, 0.2) is 42.5 Å². The third-order valence-electron chi connectivity index (χ3n) is 5.22. The summed E-state index contributed by atoms with van der Waals surface area (Å²) in [5.74, 6) is 0.561. The average molecular weight is 373 g/mol. The Bertz CT molecular complexity index is 957. The van der Waals surface area contributed by atoms with E-state index >= 15 is 0 Å². The lowest BCUT2D eigenvalue weighted by atomic mass is 9.97. The number of H-pyrrole nitrogens is 1. The summed E-state index contributed by atoms with van der Waals surface area (Å²) in [5, 5.41) is 23.7. The fourth-order valence-corrected chi connectivity index (χ4v) is 3.63. The number of aromatic amines is 1. The van der Waals surface area contributed by atoms with Crippen LogP contribution in [-0.2, 0) is 6.54 Å². The lowest BCUT2D eigenvalue weighted by Crippen LogP contribution is -2.28. The molecule has 1 aliphatic heterocycles. The van der Waals surface area contributed by atoms with Crippen molar-refractivity contribution in [3.8, 4) is 28.6 Å². The number of nitrogens with one attached hydrogen (secondary N) is 1. The zero-order valence-electron chi connectivity index (χ0n) is 16.0. The molecule has 7 heteroatoms. The minimum Gasteiger partial charge on any atom is -0.305 e. The van der Waals surface area contributed by atoms with Crippen molar-refractivity contribution in [3.63, 3.8) is 0 Å². The highest BCUT2D eigenvalue weighted by molar-refractivity contribution is 5.73. The Morgan fingerprint density at radius 2 is 1.86 bits per heavy atom. The Kier molecular flexibility index (Phi) is 5.42. The summed E-state index contributed by atoms with van der Waals surface area (Å²) in [7, 11) is 2.18. The molecule has 2 aromatic carbocycles. The third-order valence-corrected chi connectivity index (χ3v) is 5.22. The van der Waals surface area contributed by atoms with E-state index < -0.39 is 0 Å². The SMILES string of the molecule is CN1CCCN(Cc2ccc(-c3ccc(-c4nn[nH]n4)cc3)c(C#N)c2)CC1. The van der Waals surface area contributed by atoms with Gasteiger partial charge in [0.15, 0.2) is 0 Å². The molecule has 0 saturated carbocycles. The van der Waals surface area contributed by atoms with Crippen LogP contribution in [0.4, 0.5) is 0 Å². The van der Waals surface area contributed by atoms with Crippen LogP contribution in [0.25, 0.3) is 22.5 Å². The molecule has 0 atom stereocenters. The average Bonchev–Trinajstić information content (AvgIpc) is 3.19. The fourth-order valence-electron chi connectivity index (χ4n) is 3.63. The van der Waals surface area contributed by atoms with Crippen LogP contribution in [0.5, 0.6) is 0 Å². The molecule has 4 rings (SSSR count). The van der Waals surface area contributed by atoms with Crippen LogP contribution in [0.2, 0.25) is 0 Å². The van der Waals surface area contributed by atoms with Crippen molar-refractivity contribution in [2.75, 3.05) is 33.2 Å². The van der Waals surface area contributed by atoms with Gasteiger partial charge in [-0.05, 0) is 54.5 Å². The Hall–Kier alpha value is -3.08. The number of nitriles is 1. The molecule has 0 radical (unpaired) electrons. The molecule has 0 bridgehead atoms. The van der Waals surface area contributed by atoms with Gasteiger partial charge in [0.05, 0.1) is 11.6 Å². The van der Waals surface area contributed by atoms with Crippen LogP contribution in [0, 0.1) is 11.3 Å². The van der Waals surface area contributed by atoms with Gasteiger partial charge in [0, 0.05) is 25.2 Å². The molecule has 1 aliphatic rings. The van der Waals surface area contributed by atoms with E-state index in [0.717, 1.165) is 49.4 Å². The van der Waals surface area contributed by atoms with Gasteiger partial charge >= 0.3 is 0 Å². The molecule has 0 amide bonds. The number of rotatable bonds is 4. The molecule has 1 N–H and O–H groups in total. The Morgan fingerprint density at radius 3 is 2.61 bits per heavy atom. The van der Waals surface area contributed by atoms with Crippen LogP contribution in [0.3, 0.4) is 0 Å². The Balaban J connectivity index is 1.53. The van der Waals surface area contributed by atoms with Crippen molar-refractivity contribution in [3.05, 3.63) is 53.6 Å². The molecular formula is C21H23N7. The molecule has 2 heterocycles. The summed E-state index contributed by atoms with van der Waals surface area (Å²) in [6.07, 6.45) is 1.19. The topological polar surface area (TPSA) is 84.7 Å². The number of hydrogen-bond donors (Lipinski definition) is 1. The van der Waals surface area contributed by atoms with Gasteiger partial charge < -0.3 is 4.90 Å². The summed E-state index contributed by atoms with van der Waals surface area (Å²) in [6.45, 7) is 5.30. The quantitative estimate of drug-likeness (QED) is 0.756. The van der Waals surface area contributed by atoms with Gasteiger partial charge in [-0.25, -0.2) is 0 Å². The lowest BCUT2D eigenvalue weighted by Gasteiger charge is -2.20. The summed E-state index contributed by atoms with van der Waals surface area (Å²) in [4.78, 5) is 4.85.